The van der Waals surface area contributed by atoms with E-state index in [1.165, 1.54) is 0 Å². The molecule has 94 valence electrons. The van der Waals surface area contributed by atoms with Crippen LogP contribution in [0.1, 0.15) is 20.3 Å². The van der Waals surface area contributed by atoms with Crippen LogP contribution in [0.5, 0.6) is 0 Å². The van der Waals surface area contributed by atoms with Crippen molar-refractivity contribution in [1.29, 1.82) is 0 Å². The first-order valence-corrected chi connectivity index (χ1v) is 5.99. The van der Waals surface area contributed by atoms with Gasteiger partial charge in [-0.1, -0.05) is 13.8 Å². The number of hydrogen-bond acceptors (Lipinski definition) is 4. The van der Waals surface area contributed by atoms with Crippen molar-refractivity contribution >= 4 is 5.91 Å². The highest BCUT2D eigenvalue weighted by atomic mass is 16.5. The number of carbonyl (C=O) groups is 1. The number of nitrogens with zero attached hydrogens (tertiary/aromatic N) is 1. The molecule has 1 saturated heterocycles. The summed E-state index contributed by atoms with van der Waals surface area (Å²) >= 11 is 0. The minimum atomic E-state index is -0.632. The number of amides is 1. The Bertz CT molecular complexity index is 223. The van der Waals surface area contributed by atoms with Crippen molar-refractivity contribution in [2.75, 3.05) is 39.4 Å². The van der Waals surface area contributed by atoms with Crippen LogP contribution in [0.3, 0.4) is 0 Å². The second-order valence-electron chi connectivity index (χ2n) is 4.20. The summed E-state index contributed by atoms with van der Waals surface area (Å²) in [5.74, 6) is -0.301. The first-order valence-electron chi connectivity index (χ1n) is 5.99. The number of likely N-dealkylation sites (N-methyl/N-ethyl adjacent to an activating group) is 1. The lowest BCUT2D eigenvalue weighted by Crippen LogP contribution is -2.57. The van der Waals surface area contributed by atoms with Gasteiger partial charge in [0.05, 0.1) is 6.61 Å². The highest BCUT2D eigenvalue weighted by Crippen LogP contribution is 2.17. The zero-order valence-electron chi connectivity index (χ0n) is 10.3. The van der Waals surface area contributed by atoms with Gasteiger partial charge in [-0.25, -0.2) is 0 Å². The molecule has 1 unspecified atom stereocenters. The van der Waals surface area contributed by atoms with E-state index in [1.807, 2.05) is 0 Å². The SMILES string of the molecule is CCN(CC)CCNC1(C(N)=O)CCOC1. The molecule has 5 heteroatoms. The molecular formula is C11H23N3O2. The molecule has 1 rings (SSSR count). The monoisotopic (exact) mass is 229 g/mol. The van der Waals surface area contributed by atoms with Crippen molar-refractivity contribution in [1.82, 2.24) is 10.2 Å². The Hall–Kier alpha value is -0.650. The van der Waals surface area contributed by atoms with Crippen LogP contribution in [0, 0.1) is 0 Å². The highest BCUT2D eigenvalue weighted by Gasteiger charge is 2.40. The van der Waals surface area contributed by atoms with Crippen LogP contribution in [0.15, 0.2) is 0 Å². The maximum absolute atomic E-state index is 11.4. The van der Waals surface area contributed by atoms with Gasteiger partial charge in [0.1, 0.15) is 5.54 Å². The maximum atomic E-state index is 11.4. The minimum absolute atomic E-state index is 0.301. The number of nitrogens with two attached hydrogens (primary N) is 1. The van der Waals surface area contributed by atoms with Crippen LogP contribution < -0.4 is 11.1 Å². The third kappa shape index (κ3) is 3.17. The van der Waals surface area contributed by atoms with E-state index >= 15 is 0 Å². The third-order valence-electron chi connectivity index (χ3n) is 3.28. The van der Waals surface area contributed by atoms with Gasteiger partial charge in [0.15, 0.2) is 0 Å². The van der Waals surface area contributed by atoms with Crippen molar-refractivity contribution in [2.45, 2.75) is 25.8 Å². The summed E-state index contributed by atoms with van der Waals surface area (Å²) < 4.78 is 5.26. The Labute approximate surface area is 97.3 Å². The largest absolute Gasteiger partial charge is 0.379 e. The average Bonchev–Trinajstić information content (AvgIpc) is 2.74. The summed E-state index contributed by atoms with van der Waals surface area (Å²) in [5, 5.41) is 3.25. The summed E-state index contributed by atoms with van der Waals surface area (Å²) in [7, 11) is 0. The normalized spacial score (nSPS) is 25.2. The first kappa shape index (κ1) is 13.4. The van der Waals surface area contributed by atoms with Gasteiger partial charge in [0.2, 0.25) is 5.91 Å². The lowest BCUT2D eigenvalue weighted by molar-refractivity contribution is -0.124. The minimum Gasteiger partial charge on any atom is -0.379 e. The zero-order chi connectivity index (χ0) is 12.0. The second kappa shape index (κ2) is 6.18. The Morgan fingerprint density at radius 1 is 1.50 bits per heavy atom. The Balaban J connectivity index is 2.36. The molecule has 1 fully saturated rings. The summed E-state index contributed by atoms with van der Waals surface area (Å²) in [6.07, 6.45) is 0.681. The maximum Gasteiger partial charge on any atom is 0.240 e. The number of hydrogen-bond donors (Lipinski definition) is 2. The predicted octanol–water partition coefficient (Wildman–Crippen LogP) is -0.438. The zero-order valence-corrected chi connectivity index (χ0v) is 10.3. The third-order valence-corrected chi connectivity index (χ3v) is 3.28. The Morgan fingerprint density at radius 2 is 2.19 bits per heavy atom. The molecule has 0 bridgehead atoms. The number of primary amides is 1. The van der Waals surface area contributed by atoms with Gasteiger partial charge in [-0.3, -0.25) is 4.79 Å². The smallest absolute Gasteiger partial charge is 0.240 e. The van der Waals surface area contributed by atoms with Gasteiger partial charge in [-0.2, -0.15) is 0 Å². The lowest BCUT2D eigenvalue weighted by Gasteiger charge is -2.27. The summed E-state index contributed by atoms with van der Waals surface area (Å²) in [6, 6.07) is 0. The van der Waals surface area contributed by atoms with E-state index in [9.17, 15) is 4.79 Å². The number of nitrogens with one attached hydrogen (secondary N) is 1. The van der Waals surface area contributed by atoms with E-state index in [4.69, 9.17) is 10.5 Å². The van der Waals surface area contributed by atoms with E-state index < -0.39 is 5.54 Å². The molecule has 0 spiro atoms. The predicted molar refractivity (Wildman–Crippen MR) is 63.2 cm³/mol. The molecule has 3 N–H and O–H groups in total. The second-order valence-corrected chi connectivity index (χ2v) is 4.20. The molecule has 1 heterocycles. The van der Waals surface area contributed by atoms with Gasteiger partial charge in [0.25, 0.3) is 0 Å². The van der Waals surface area contributed by atoms with Crippen LogP contribution >= 0.6 is 0 Å². The molecule has 5 nitrogen and oxygen atoms in total. The van der Waals surface area contributed by atoms with Gasteiger partial charge in [-0.15, -0.1) is 0 Å². The van der Waals surface area contributed by atoms with Crippen LogP contribution in [0.2, 0.25) is 0 Å². The molecule has 1 aliphatic heterocycles. The van der Waals surface area contributed by atoms with Crippen molar-refractivity contribution in [3.63, 3.8) is 0 Å². The van der Waals surface area contributed by atoms with Crippen LogP contribution in [-0.4, -0.2) is 55.7 Å². The number of carbonyl (C=O) groups excluding carboxylic acids is 1. The standard InChI is InChI=1S/C11H23N3O2/c1-3-14(4-2)7-6-13-11(10(12)15)5-8-16-9-11/h13H,3-9H2,1-2H3,(H2,12,15). The Kier molecular flexibility index (Phi) is 5.18. The summed E-state index contributed by atoms with van der Waals surface area (Å²) in [4.78, 5) is 13.7. The highest BCUT2D eigenvalue weighted by molar-refractivity contribution is 5.85. The Morgan fingerprint density at radius 3 is 2.62 bits per heavy atom. The van der Waals surface area contributed by atoms with Gasteiger partial charge in [0, 0.05) is 26.1 Å². The summed E-state index contributed by atoms with van der Waals surface area (Å²) in [5.41, 5.74) is 4.79. The molecule has 1 atom stereocenters. The van der Waals surface area contributed by atoms with Crippen molar-refractivity contribution in [3.8, 4) is 0 Å². The van der Waals surface area contributed by atoms with Crippen LogP contribution in [0.25, 0.3) is 0 Å². The summed E-state index contributed by atoms with van der Waals surface area (Å²) in [6.45, 7) is 9.03. The van der Waals surface area contributed by atoms with E-state index in [0.29, 0.717) is 19.6 Å². The van der Waals surface area contributed by atoms with Gasteiger partial charge in [-0.05, 0) is 13.1 Å². The molecule has 1 aliphatic rings. The average molecular weight is 229 g/mol. The fraction of sp³-hybridized carbons (Fsp3) is 0.909. The lowest BCUT2D eigenvalue weighted by atomic mass is 9.98. The van der Waals surface area contributed by atoms with Crippen molar-refractivity contribution < 1.29 is 9.53 Å². The molecule has 0 aromatic heterocycles. The molecule has 16 heavy (non-hydrogen) atoms. The van der Waals surface area contributed by atoms with E-state index in [-0.39, 0.29) is 5.91 Å². The van der Waals surface area contributed by atoms with E-state index in [0.717, 1.165) is 26.2 Å². The fourth-order valence-corrected chi connectivity index (χ4v) is 1.98. The van der Waals surface area contributed by atoms with Gasteiger partial charge < -0.3 is 20.7 Å². The molecule has 0 aromatic carbocycles. The number of ether oxygens (including phenoxy) is 1. The van der Waals surface area contributed by atoms with Crippen molar-refractivity contribution in [2.24, 2.45) is 5.73 Å². The molecule has 0 saturated carbocycles. The fourth-order valence-electron chi connectivity index (χ4n) is 1.98. The van der Waals surface area contributed by atoms with E-state index in [2.05, 4.69) is 24.1 Å². The quantitative estimate of drug-likeness (QED) is 0.621. The van der Waals surface area contributed by atoms with E-state index in [1.54, 1.807) is 0 Å². The molecule has 1 amide bonds. The molecular weight excluding hydrogens is 206 g/mol. The molecule has 0 aliphatic carbocycles. The molecule has 0 radical (unpaired) electrons. The molecule has 0 aromatic rings. The van der Waals surface area contributed by atoms with Crippen molar-refractivity contribution in [3.05, 3.63) is 0 Å². The van der Waals surface area contributed by atoms with Gasteiger partial charge >= 0.3 is 0 Å². The first-order chi connectivity index (χ1) is 7.64. The topological polar surface area (TPSA) is 67.6 Å². The van der Waals surface area contributed by atoms with Crippen LogP contribution in [-0.2, 0) is 9.53 Å². The van der Waals surface area contributed by atoms with Crippen LogP contribution in [0.4, 0.5) is 0 Å². The number of rotatable bonds is 7.